The maximum atomic E-state index is 13.2. The summed E-state index contributed by atoms with van der Waals surface area (Å²) >= 11 is 0. The third-order valence-corrected chi connectivity index (χ3v) is 7.28. The highest BCUT2D eigenvalue weighted by molar-refractivity contribution is 7.89. The molecule has 1 aliphatic heterocycles. The van der Waals surface area contributed by atoms with E-state index in [4.69, 9.17) is 4.74 Å². The van der Waals surface area contributed by atoms with Crippen LogP contribution in [0, 0.1) is 5.82 Å². The van der Waals surface area contributed by atoms with E-state index in [0.717, 1.165) is 25.0 Å². The summed E-state index contributed by atoms with van der Waals surface area (Å²) < 4.78 is 45.7. The molecule has 1 fully saturated rings. The molecule has 32 heavy (non-hydrogen) atoms. The van der Waals surface area contributed by atoms with Gasteiger partial charge in [-0.15, -0.1) is 0 Å². The second-order valence-electron chi connectivity index (χ2n) is 7.45. The first kappa shape index (κ1) is 23.7. The van der Waals surface area contributed by atoms with Gasteiger partial charge >= 0.3 is 11.8 Å². The number of carbonyl (C=O) groups excluding carboxylic acids is 2. The molecule has 10 heteroatoms. The number of rotatable bonds is 7. The van der Waals surface area contributed by atoms with Crippen LogP contribution in [0.5, 0.6) is 5.75 Å². The van der Waals surface area contributed by atoms with Crippen LogP contribution in [-0.2, 0) is 19.6 Å². The Balaban J connectivity index is 1.55. The number of piperidine rings is 1. The number of methoxy groups -OCH3 is 1. The van der Waals surface area contributed by atoms with Crippen LogP contribution in [-0.4, -0.2) is 50.8 Å². The van der Waals surface area contributed by atoms with Crippen molar-refractivity contribution in [3.8, 4) is 5.75 Å². The molecular weight excluding hydrogens is 437 g/mol. The van der Waals surface area contributed by atoms with Crippen LogP contribution in [0.2, 0.25) is 0 Å². The molecule has 2 N–H and O–H groups in total. The van der Waals surface area contributed by atoms with E-state index in [9.17, 15) is 22.4 Å². The number of sulfonamides is 1. The fraction of sp³-hybridized carbons (Fsp3) is 0.364. The Bertz CT molecular complexity index is 1040. The number of anilines is 1. The average molecular weight is 464 g/mol. The SMILES string of the molecule is COc1ccc(NC(=O)C(=O)NCC[C@H]2CCCCN2S(=O)(=O)c2ccc(F)cc2)cc1. The lowest BCUT2D eigenvalue weighted by molar-refractivity contribution is -0.136. The zero-order valence-corrected chi connectivity index (χ0v) is 18.5. The van der Waals surface area contributed by atoms with Crippen LogP contribution in [0.3, 0.4) is 0 Å². The summed E-state index contributed by atoms with van der Waals surface area (Å²) in [6.45, 7) is 0.505. The molecule has 0 spiro atoms. The fourth-order valence-corrected chi connectivity index (χ4v) is 5.34. The minimum atomic E-state index is -3.78. The molecule has 1 heterocycles. The van der Waals surface area contributed by atoms with Crippen molar-refractivity contribution in [3.05, 3.63) is 54.3 Å². The van der Waals surface area contributed by atoms with Crippen LogP contribution in [0.4, 0.5) is 10.1 Å². The van der Waals surface area contributed by atoms with E-state index in [1.807, 2.05) is 0 Å². The Kier molecular flexibility index (Phi) is 7.81. The minimum absolute atomic E-state index is 0.0358. The van der Waals surface area contributed by atoms with Crippen molar-refractivity contribution < 1.29 is 27.1 Å². The molecule has 2 aromatic rings. The Hall–Kier alpha value is -2.98. The Morgan fingerprint density at radius 1 is 1.06 bits per heavy atom. The molecule has 3 rings (SSSR count). The van der Waals surface area contributed by atoms with Crippen molar-refractivity contribution in [2.45, 2.75) is 36.6 Å². The van der Waals surface area contributed by atoms with Gasteiger partial charge in [0.15, 0.2) is 0 Å². The molecule has 2 aromatic carbocycles. The Labute approximate surface area is 186 Å². The van der Waals surface area contributed by atoms with Gasteiger partial charge in [-0.3, -0.25) is 9.59 Å². The zero-order chi connectivity index (χ0) is 23.1. The largest absolute Gasteiger partial charge is 0.497 e. The molecular formula is C22H26FN3O5S. The number of nitrogens with zero attached hydrogens (tertiary/aromatic N) is 1. The number of nitrogens with one attached hydrogen (secondary N) is 2. The highest BCUT2D eigenvalue weighted by Crippen LogP contribution is 2.27. The van der Waals surface area contributed by atoms with Gasteiger partial charge in [0.05, 0.1) is 12.0 Å². The number of halogens is 1. The van der Waals surface area contributed by atoms with E-state index in [-0.39, 0.29) is 17.5 Å². The summed E-state index contributed by atoms with van der Waals surface area (Å²) in [5.74, 6) is -1.49. The van der Waals surface area contributed by atoms with Crippen LogP contribution >= 0.6 is 0 Å². The van der Waals surface area contributed by atoms with Gasteiger partial charge in [0.25, 0.3) is 0 Å². The number of benzene rings is 2. The minimum Gasteiger partial charge on any atom is -0.497 e. The maximum Gasteiger partial charge on any atom is 0.313 e. The first-order chi connectivity index (χ1) is 15.3. The smallest absolute Gasteiger partial charge is 0.313 e. The third kappa shape index (κ3) is 5.83. The van der Waals surface area contributed by atoms with E-state index in [1.165, 1.54) is 23.5 Å². The zero-order valence-electron chi connectivity index (χ0n) is 17.7. The molecule has 0 bridgehead atoms. The predicted octanol–water partition coefficient (Wildman–Crippen LogP) is 2.52. The first-order valence-electron chi connectivity index (χ1n) is 10.3. The number of hydrogen-bond donors (Lipinski definition) is 2. The molecule has 0 aliphatic carbocycles. The monoisotopic (exact) mass is 463 g/mol. The molecule has 0 radical (unpaired) electrons. The highest BCUT2D eigenvalue weighted by Gasteiger charge is 2.33. The van der Waals surface area contributed by atoms with E-state index in [0.29, 0.717) is 30.8 Å². The summed E-state index contributed by atoms with van der Waals surface area (Å²) in [6, 6.07) is 11.0. The van der Waals surface area contributed by atoms with Crippen molar-refractivity contribution in [1.82, 2.24) is 9.62 Å². The molecule has 1 saturated heterocycles. The lowest BCUT2D eigenvalue weighted by atomic mass is 10.0. The molecule has 8 nitrogen and oxygen atoms in total. The number of amides is 2. The number of carbonyl (C=O) groups is 2. The Morgan fingerprint density at radius 3 is 2.41 bits per heavy atom. The van der Waals surface area contributed by atoms with Gasteiger partial charge in [-0.1, -0.05) is 6.42 Å². The van der Waals surface area contributed by atoms with Gasteiger partial charge in [0.1, 0.15) is 11.6 Å². The standard InChI is InChI=1S/C22H26FN3O5S/c1-31-19-9-7-17(8-10-19)25-22(28)21(27)24-14-13-18-4-2-3-15-26(18)32(29,30)20-11-5-16(23)6-12-20/h5-12,18H,2-4,13-15H2,1H3,(H,24,27)(H,25,28)/t18-/m1/s1. The van der Waals surface area contributed by atoms with E-state index >= 15 is 0 Å². The van der Waals surface area contributed by atoms with Gasteiger partial charge in [-0.2, -0.15) is 4.31 Å². The van der Waals surface area contributed by atoms with Crippen molar-refractivity contribution in [2.24, 2.45) is 0 Å². The third-order valence-electron chi connectivity index (χ3n) is 5.31. The van der Waals surface area contributed by atoms with E-state index in [1.54, 1.807) is 24.3 Å². The van der Waals surface area contributed by atoms with Gasteiger partial charge in [-0.25, -0.2) is 12.8 Å². The predicted molar refractivity (Wildman–Crippen MR) is 117 cm³/mol. The maximum absolute atomic E-state index is 13.2. The fourth-order valence-electron chi connectivity index (χ4n) is 3.62. The molecule has 1 atom stereocenters. The van der Waals surface area contributed by atoms with Crippen LogP contribution in [0.25, 0.3) is 0 Å². The quantitative estimate of drug-likeness (QED) is 0.614. The normalized spacial score (nSPS) is 16.9. The molecule has 0 aromatic heterocycles. The molecule has 0 saturated carbocycles. The van der Waals surface area contributed by atoms with Gasteiger partial charge in [-0.05, 0) is 67.8 Å². The lowest BCUT2D eigenvalue weighted by Gasteiger charge is -2.34. The Morgan fingerprint density at radius 2 is 1.75 bits per heavy atom. The summed E-state index contributed by atoms with van der Waals surface area (Å²) in [4.78, 5) is 24.3. The van der Waals surface area contributed by atoms with Crippen LogP contribution in [0.15, 0.2) is 53.4 Å². The number of ether oxygens (including phenoxy) is 1. The summed E-state index contributed by atoms with van der Waals surface area (Å²) in [5, 5.41) is 5.04. The van der Waals surface area contributed by atoms with Gasteiger partial charge < -0.3 is 15.4 Å². The number of hydrogen-bond acceptors (Lipinski definition) is 5. The van der Waals surface area contributed by atoms with Gasteiger partial charge in [0, 0.05) is 24.8 Å². The molecule has 172 valence electrons. The summed E-state index contributed by atoms with van der Waals surface area (Å²) in [5.41, 5.74) is 0.454. The topological polar surface area (TPSA) is 105 Å². The summed E-state index contributed by atoms with van der Waals surface area (Å²) in [6.07, 6.45) is 2.61. The molecule has 1 aliphatic rings. The van der Waals surface area contributed by atoms with E-state index < -0.39 is 27.7 Å². The summed E-state index contributed by atoms with van der Waals surface area (Å²) in [7, 11) is -2.25. The van der Waals surface area contributed by atoms with Crippen molar-refractivity contribution in [1.29, 1.82) is 0 Å². The molecule has 2 amide bonds. The van der Waals surface area contributed by atoms with Crippen molar-refractivity contribution in [2.75, 3.05) is 25.5 Å². The highest BCUT2D eigenvalue weighted by atomic mass is 32.2. The van der Waals surface area contributed by atoms with E-state index in [2.05, 4.69) is 10.6 Å². The van der Waals surface area contributed by atoms with Crippen molar-refractivity contribution >= 4 is 27.5 Å². The van der Waals surface area contributed by atoms with Crippen LogP contribution in [0.1, 0.15) is 25.7 Å². The second kappa shape index (κ2) is 10.6. The lowest BCUT2D eigenvalue weighted by Crippen LogP contribution is -2.45. The average Bonchev–Trinajstić information content (AvgIpc) is 2.80. The van der Waals surface area contributed by atoms with Gasteiger partial charge in [0.2, 0.25) is 10.0 Å². The molecule has 0 unspecified atom stereocenters. The van der Waals surface area contributed by atoms with Crippen LogP contribution < -0.4 is 15.4 Å². The first-order valence-corrected chi connectivity index (χ1v) is 11.8. The second-order valence-corrected chi connectivity index (χ2v) is 9.34. The van der Waals surface area contributed by atoms with Crippen molar-refractivity contribution in [3.63, 3.8) is 0 Å².